The highest BCUT2D eigenvalue weighted by atomic mass is 35.5. The minimum absolute atomic E-state index is 0.117. The number of hydrogen-bond donors (Lipinski definition) is 1. The van der Waals surface area contributed by atoms with Crippen LogP contribution in [0.4, 0.5) is 10.5 Å². The van der Waals surface area contributed by atoms with E-state index in [1.807, 2.05) is 0 Å². The zero-order valence-electron chi connectivity index (χ0n) is 13.1. The second-order valence-corrected chi connectivity index (χ2v) is 5.75. The van der Waals surface area contributed by atoms with E-state index in [0.717, 1.165) is 5.56 Å². The first kappa shape index (κ1) is 16.8. The Morgan fingerprint density at radius 3 is 2.09 bits per heavy atom. The Kier molecular flexibility index (Phi) is 4.91. The lowest BCUT2D eigenvalue weighted by Gasteiger charge is -2.23. The summed E-state index contributed by atoms with van der Waals surface area (Å²) in [5.74, 6) is -1.05. The molecule has 0 saturated carbocycles. The van der Waals surface area contributed by atoms with Gasteiger partial charge in [-0.05, 0) is 41.5 Å². The van der Waals surface area contributed by atoms with Crippen LogP contribution in [-0.2, 0) is 0 Å². The number of nitrogens with zero attached hydrogens (tertiary/aromatic N) is 2. The zero-order chi connectivity index (χ0) is 17.1. The number of carboxylic acids is 1. The first-order valence-corrected chi connectivity index (χ1v) is 7.26. The maximum Gasteiger partial charge on any atom is 0.335 e. The molecule has 0 spiro atoms. The van der Waals surface area contributed by atoms with E-state index in [1.54, 1.807) is 57.5 Å². The van der Waals surface area contributed by atoms with Crippen LogP contribution in [0.25, 0.3) is 11.1 Å². The standard InChI is InChI=1S/C17H17ClN2O3/c1-19(2)17(23)20(3)15-9-12(8-13(10-15)16(21)22)11-4-6-14(18)7-5-11/h4-10H,1-3H3,(H,21,22). The van der Waals surface area contributed by atoms with Gasteiger partial charge >= 0.3 is 12.0 Å². The van der Waals surface area contributed by atoms with Gasteiger partial charge in [-0.2, -0.15) is 0 Å². The Morgan fingerprint density at radius 1 is 0.957 bits per heavy atom. The molecule has 2 aromatic carbocycles. The molecule has 2 rings (SSSR count). The summed E-state index contributed by atoms with van der Waals surface area (Å²) in [6.07, 6.45) is 0. The summed E-state index contributed by atoms with van der Waals surface area (Å²) in [7, 11) is 4.88. The Balaban J connectivity index is 2.53. The molecule has 0 bridgehead atoms. The number of carboxylic acid groups (broad SMARTS) is 1. The monoisotopic (exact) mass is 332 g/mol. The fourth-order valence-corrected chi connectivity index (χ4v) is 2.27. The molecule has 6 heteroatoms. The quantitative estimate of drug-likeness (QED) is 0.929. The Labute approximate surface area is 139 Å². The zero-order valence-corrected chi connectivity index (χ0v) is 13.8. The summed E-state index contributed by atoms with van der Waals surface area (Å²) in [6, 6.07) is 11.7. The first-order valence-electron chi connectivity index (χ1n) is 6.89. The molecule has 0 saturated heterocycles. The molecule has 0 aliphatic heterocycles. The molecule has 0 fully saturated rings. The van der Waals surface area contributed by atoms with Crippen LogP contribution in [0.3, 0.4) is 0 Å². The minimum Gasteiger partial charge on any atom is -0.478 e. The van der Waals surface area contributed by atoms with Crippen LogP contribution in [0.5, 0.6) is 0 Å². The van der Waals surface area contributed by atoms with E-state index in [0.29, 0.717) is 16.3 Å². The number of aromatic carboxylic acids is 1. The SMILES string of the molecule is CN(C)C(=O)N(C)c1cc(C(=O)O)cc(-c2ccc(Cl)cc2)c1. The molecule has 0 aromatic heterocycles. The van der Waals surface area contributed by atoms with Crippen LogP contribution in [0.1, 0.15) is 10.4 Å². The summed E-state index contributed by atoms with van der Waals surface area (Å²) in [5.41, 5.74) is 2.15. The number of anilines is 1. The third-order valence-electron chi connectivity index (χ3n) is 3.40. The molecule has 0 aliphatic carbocycles. The number of amides is 2. The Morgan fingerprint density at radius 2 is 1.57 bits per heavy atom. The van der Waals surface area contributed by atoms with Gasteiger partial charge in [0.05, 0.1) is 5.56 Å². The minimum atomic E-state index is -1.05. The van der Waals surface area contributed by atoms with Crippen LogP contribution in [-0.4, -0.2) is 43.1 Å². The fourth-order valence-electron chi connectivity index (χ4n) is 2.15. The Bertz CT molecular complexity index is 742. The van der Waals surface area contributed by atoms with Crippen molar-refractivity contribution in [1.29, 1.82) is 0 Å². The van der Waals surface area contributed by atoms with Gasteiger partial charge in [-0.15, -0.1) is 0 Å². The smallest absolute Gasteiger partial charge is 0.335 e. The van der Waals surface area contributed by atoms with E-state index < -0.39 is 5.97 Å². The van der Waals surface area contributed by atoms with Crippen molar-refractivity contribution in [3.8, 4) is 11.1 Å². The molecule has 120 valence electrons. The molecule has 2 aromatic rings. The number of halogens is 1. The van der Waals surface area contributed by atoms with E-state index in [4.69, 9.17) is 11.6 Å². The topological polar surface area (TPSA) is 60.9 Å². The van der Waals surface area contributed by atoms with Crippen molar-refractivity contribution in [2.45, 2.75) is 0 Å². The van der Waals surface area contributed by atoms with Crippen LogP contribution >= 0.6 is 11.6 Å². The van der Waals surface area contributed by atoms with Gasteiger partial charge in [0.15, 0.2) is 0 Å². The molecule has 0 radical (unpaired) electrons. The average Bonchev–Trinajstić information content (AvgIpc) is 2.53. The van der Waals surface area contributed by atoms with Crippen molar-refractivity contribution >= 4 is 29.3 Å². The Hall–Kier alpha value is -2.53. The van der Waals surface area contributed by atoms with Gasteiger partial charge in [0.25, 0.3) is 0 Å². The van der Waals surface area contributed by atoms with Gasteiger partial charge in [0.2, 0.25) is 0 Å². The number of rotatable bonds is 3. The average molecular weight is 333 g/mol. The number of carbonyl (C=O) groups excluding carboxylic acids is 1. The van der Waals surface area contributed by atoms with E-state index in [1.165, 1.54) is 15.9 Å². The number of carbonyl (C=O) groups is 2. The van der Waals surface area contributed by atoms with Crippen molar-refractivity contribution in [2.75, 3.05) is 26.0 Å². The first-order chi connectivity index (χ1) is 10.8. The maximum atomic E-state index is 12.1. The van der Waals surface area contributed by atoms with Crippen LogP contribution in [0.2, 0.25) is 5.02 Å². The summed E-state index contributed by atoms with van der Waals surface area (Å²) in [5, 5.41) is 9.92. The molecular formula is C17H17ClN2O3. The highest BCUT2D eigenvalue weighted by Crippen LogP contribution is 2.28. The summed E-state index contributed by atoms with van der Waals surface area (Å²) in [4.78, 5) is 26.3. The highest BCUT2D eigenvalue weighted by molar-refractivity contribution is 6.30. The molecule has 0 atom stereocenters. The van der Waals surface area contributed by atoms with E-state index >= 15 is 0 Å². The van der Waals surface area contributed by atoms with Crippen molar-refractivity contribution in [2.24, 2.45) is 0 Å². The second-order valence-electron chi connectivity index (χ2n) is 5.32. The van der Waals surface area contributed by atoms with Crippen molar-refractivity contribution in [3.05, 3.63) is 53.1 Å². The van der Waals surface area contributed by atoms with Gasteiger partial charge in [-0.25, -0.2) is 9.59 Å². The third kappa shape index (κ3) is 3.81. The molecule has 5 nitrogen and oxygen atoms in total. The fraction of sp³-hybridized carbons (Fsp3) is 0.176. The molecule has 1 N–H and O–H groups in total. The molecule has 0 unspecified atom stereocenters. The van der Waals surface area contributed by atoms with Crippen LogP contribution < -0.4 is 4.90 Å². The molecule has 0 heterocycles. The van der Waals surface area contributed by atoms with E-state index in [9.17, 15) is 14.7 Å². The molecular weight excluding hydrogens is 316 g/mol. The van der Waals surface area contributed by atoms with Crippen molar-refractivity contribution in [1.82, 2.24) is 4.90 Å². The third-order valence-corrected chi connectivity index (χ3v) is 3.65. The largest absolute Gasteiger partial charge is 0.478 e. The predicted octanol–water partition coefficient (Wildman–Crippen LogP) is 3.82. The van der Waals surface area contributed by atoms with E-state index in [-0.39, 0.29) is 11.6 Å². The lowest BCUT2D eigenvalue weighted by atomic mass is 10.0. The lowest BCUT2D eigenvalue weighted by Crippen LogP contribution is -2.36. The summed E-state index contributed by atoms with van der Waals surface area (Å²) >= 11 is 5.89. The van der Waals surface area contributed by atoms with Gasteiger partial charge in [-0.3, -0.25) is 4.90 Å². The molecule has 23 heavy (non-hydrogen) atoms. The number of urea groups is 1. The van der Waals surface area contributed by atoms with Crippen molar-refractivity contribution < 1.29 is 14.7 Å². The molecule has 0 aliphatic rings. The van der Waals surface area contributed by atoms with Gasteiger partial charge in [0, 0.05) is 31.9 Å². The summed E-state index contributed by atoms with van der Waals surface area (Å²) < 4.78 is 0. The predicted molar refractivity (Wildman–Crippen MR) is 91.3 cm³/mol. The van der Waals surface area contributed by atoms with Gasteiger partial charge in [-0.1, -0.05) is 23.7 Å². The van der Waals surface area contributed by atoms with Gasteiger partial charge in [0.1, 0.15) is 0 Å². The second kappa shape index (κ2) is 6.71. The summed E-state index contributed by atoms with van der Waals surface area (Å²) in [6.45, 7) is 0. The highest BCUT2D eigenvalue weighted by Gasteiger charge is 2.16. The number of benzene rings is 2. The maximum absolute atomic E-state index is 12.1. The van der Waals surface area contributed by atoms with Crippen LogP contribution in [0.15, 0.2) is 42.5 Å². The van der Waals surface area contributed by atoms with Crippen LogP contribution in [0, 0.1) is 0 Å². The number of hydrogen-bond acceptors (Lipinski definition) is 2. The molecule has 2 amide bonds. The van der Waals surface area contributed by atoms with E-state index in [2.05, 4.69) is 0 Å². The lowest BCUT2D eigenvalue weighted by molar-refractivity contribution is 0.0697. The normalized spacial score (nSPS) is 10.3. The van der Waals surface area contributed by atoms with Crippen molar-refractivity contribution in [3.63, 3.8) is 0 Å². The van der Waals surface area contributed by atoms with Gasteiger partial charge < -0.3 is 10.0 Å².